The highest BCUT2D eigenvalue weighted by Gasteiger charge is 2.17. The molecule has 1 N–H and O–H groups in total. The SMILES string of the molecule is C=Cc1c(/C=C\C(C)CC)c(/C(C#N)=C(/O)CC)nc2ccccc12. The maximum Gasteiger partial charge on any atom is 0.116 e. The van der Waals surface area contributed by atoms with Gasteiger partial charge in [-0.25, -0.2) is 4.98 Å². The van der Waals surface area contributed by atoms with Gasteiger partial charge < -0.3 is 5.11 Å². The lowest BCUT2D eigenvalue weighted by atomic mass is 9.94. The van der Waals surface area contributed by atoms with Crippen LogP contribution >= 0.6 is 0 Å². The largest absolute Gasteiger partial charge is 0.511 e. The number of nitrogens with zero attached hydrogens (tertiary/aromatic N) is 2. The molecule has 3 heteroatoms. The molecule has 2 rings (SSSR count). The summed E-state index contributed by atoms with van der Waals surface area (Å²) in [6.45, 7) is 10.0. The van der Waals surface area contributed by atoms with Crippen LogP contribution in [0, 0.1) is 17.2 Å². The van der Waals surface area contributed by atoms with Crippen LogP contribution in [-0.2, 0) is 0 Å². The molecule has 128 valence electrons. The average Bonchev–Trinajstić information content (AvgIpc) is 2.65. The minimum absolute atomic E-state index is 0.0542. The topological polar surface area (TPSA) is 56.9 Å². The molecule has 0 spiro atoms. The first-order valence-corrected chi connectivity index (χ1v) is 8.63. The Hall–Kier alpha value is -2.86. The summed E-state index contributed by atoms with van der Waals surface area (Å²) in [6.07, 6.45) is 7.31. The zero-order valence-corrected chi connectivity index (χ0v) is 15.1. The molecular weight excluding hydrogens is 308 g/mol. The van der Waals surface area contributed by atoms with E-state index in [-0.39, 0.29) is 11.3 Å². The number of aliphatic hydroxyl groups excluding tert-OH is 1. The van der Waals surface area contributed by atoms with E-state index < -0.39 is 0 Å². The van der Waals surface area contributed by atoms with E-state index in [1.807, 2.05) is 37.3 Å². The second-order valence-electron chi connectivity index (χ2n) is 6.04. The molecule has 0 fully saturated rings. The lowest BCUT2D eigenvalue weighted by Crippen LogP contribution is -2.01. The van der Waals surface area contributed by atoms with Gasteiger partial charge >= 0.3 is 0 Å². The van der Waals surface area contributed by atoms with Gasteiger partial charge in [0.2, 0.25) is 0 Å². The van der Waals surface area contributed by atoms with Crippen LogP contribution in [0.15, 0.2) is 42.7 Å². The van der Waals surface area contributed by atoms with Crippen molar-refractivity contribution in [2.24, 2.45) is 5.92 Å². The Balaban J connectivity index is 2.89. The Morgan fingerprint density at radius 2 is 2.04 bits per heavy atom. The van der Waals surface area contributed by atoms with Gasteiger partial charge in [-0.1, -0.05) is 70.2 Å². The summed E-state index contributed by atoms with van der Waals surface area (Å²) in [6, 6.07) is 9.91. The third kappa shape index (κ3) is 3.80. The van der Waals surface area contributed by atoms with Crippen molar-refractivity contribution in [1.29, 1.82) is 5.26 Å². The Bertz CT molecular complexity index is 885. The summed E-state index contributed by atoms with van der Waals surface area (Å²) in [4.78, 5) is 4.69. The first-order valence-electron chi connectivity index (χ1n) is 8.63. The maximum absolute atomic E-state index is 10.2. The minimum Gasteiger partial charge on any atom is -0.511 e. The van der Waals surface area contributed by atoms with Crippen LogP contribution in [0.4, 0.5) is 0 Å². The molecule has 1 aromatic heterocycles. The predicted octanol–water partition coefficient (Wildman–Crippen LogP) is 6.14. The zero-order valence-electron chi connectivity index (χ0n) is 15.1. The van der Waals surface area contributed by atoms with Crippen LogP contribution in [-0.4, -0.2) is 10.1 Å². The lowest BCUT2D eigenvalue weighted by Gasteiger charge is -2.13. The number of aromatic nitrogens is 1. The smallest absolute Gasteiger partial charge is 0.116 e. The second kappa shape index (κ2) is 8.30. The van der Waals surface area contributed by atoms with Crippen molar-refractivity contribution in [2.45, 2.75) is 33.6 Å². The normalized spacial score (nSPS) is 13.5. The van der Waals surface area contributed by atoms with Gasteiger partial charge in [0.1, 0.15) is 17.4 Å². The van der Waals surface area contributed by atoms with Crippen LogP contribution in [0.2, 0.25) is 0 Å². The summed E-state index contributed by atoms with van der Waals surface area (Å²) in [5, 5.41) is 20.8. The van der Waals surface area contributed by atoms with Crippen LogP contribution in [0.3, 0.4) is 0 Å². The van der Waals surface area contributed by atoms with Crippen molar-refractivity contribution < 1.29 is 5.11 Å². The van der Waals surface area contributed by atoms with Crippen LogP contribution in [0.5, 0.6) is 0 Å². The lowest BCUT2D eigenvalue weighted by molar-refractivity contribution is 0.398. The Morgan fingerprint density at radius 3 is 2.64 bits per heavy atom. The first-order chi connectivity index (χ1) is 12.1. The van der Waals surface area contributed by atoms with E-state index in [0.29, 0.717) is 18.0 Å². The first kappa shape index (κ1) is 18.5. The average molecular weight is 332 g/mol. The highest BCUT2D eigenvalue weighted by Crippen LogP contribution is 2.31. The summed E-state index contributed by atoms with van der Waals surface area (Å²) in [5.74, 6) is 0.463. The van der Waals surface area contributed by atoms with Gasteiger partial charge in [-0.3, -0.25) is 0 Å². The van der Waals surface area contributed by atoms with Crippen molar-refractivity contribution in [2.75, 3.05) is 0 Å². The number of benzene rings is 1. The number of rotatable bonds is 6. The molecule has 1 atom stereocenters. The molecule has 0 aliphatic carbocycles. The molecule has 0 saturated heterocycles. The van der Waals surface area contributed by atoms with Gasteiger partial charge in [0.25, 0.3) is 0 Å². The molecule has 0 aliphatic heterocycles. The summed E-state index contributed by atoms with van der Waals surface area (Å²) >= 11 is 0. The van der Waals surface area contributed by atoms with Crippen LogP contribution in [0.1, 0.15) is 50.4 Å². The Kier molecular flexibility index (Phi) is 6.14. The summed E-state index contributed by atoms with van der Waals surface area (Å²) in [7, 11) is 0. The fourth-order valence-corrected chi connectivity index (χ4v) is 2.66. The Morgan fingerprint density at radius 1 is 1.32 bits per heavy atom. The summed E-state index contributed by atoms with van der Waals surface area (Å²) in [5.41, 5.74) is 3.27. The van der Waals surface area contributed by atoms with Crippen molar-refractivity contribution in [1.82, 2.24) is 4.98 Å². The van der Waals surface area contributed by atoms with Gasteiger partial charge in [-0.05, 0) is 17.5 Å². The van der Waals surface area contributed by atoms with E-state index in [1.165, 1.54) is 0 Å². The quantitative estimate of drug-likeness (QED) is 0.510. The van der Waals surface area contributed by atoms with Crippen LogP contribution < -0.4 is 0 Å². The Labute approximate surface area is 149 Å². The fraction of sp³-hybridized carbons (Fsp3) is 0.273. The minimum atomic E-state index is 0.0542. The van der Waals surface area contributed by atoms with Gasteiger partial charge in [0, 0.05) is 17.4 Å². The van der Waals surface area contributed by atoms with E-state index in [1.54, 1.807) is 6.08 Å². The molecule has 0 aliphatic rings. The van der Waals surface area contributed by atoms with Gasteiger partial charge in [-0.15, -0.1) is 0 Å². The molecule has 0 bridgehead atoms. The number of fused-ring (bicyclic) bond motifs is 1. The monoisotopic (exact) mass is 332 g/mol. The molecule has 1 unspecified atom stereocenters. The fourth-order valence-electron chi connectivity index (χ4n) is 2.66. The van der Waals surface area contributed by atoms with Crippen molar-refractivity contribution in [3.63, 3.8) is 0 Å². The zero-order chi connectivity index (χ0) is 18.4. The number of allylic oxidation sites excluding steroid dienone is 3. The van der Waals surface area contributed by atoms with E-state index in [9.17, 15) is 10.4 Å². The molecular formula is C22H24N2O. The van der Waals surface area contributed by atoms with Crippen molar-refractivity contribution >= 4 is 28.6 Å². The highest BCUT2D eigenvalue weighted by molar-refractivity contribution is 5.96. The van der Waals surface area contributed by atoms with Crippen molar-refractivity contribution in [3.05, 3.63) is 59.5 Å². The van der Waals surface area contributed by atoms with E-state index in [2.05, 4.69) is 37.6 Å². The van der Waals surface area contributed by atoms with Gasteiger partial charge in [0.05, 0.1) is 11.2 Å². The van der Waals surface area contributed by atoms with Crippen molar-refractivity contribution in [3.8, 4) is 6.07 Å². The van der Waals surface area contributed by atoms with Gasteiger partial charge in [-0.2, -0.15) is 5.26 Å². The highest BCUT2D eigenvalue weighted by atomic mass is 16.3. The third-order valence-electron chi connectivity index (χ3n) is 4.38. The van der Waals surface area contributed by atoms with E-state index in [0.717, 1.165) is 28.5 Å². The molecule has 3 nitrogen and oxygen atoms in total. The maximum atomic E-state index is 10.2. The standard InChI is InChI=1S/C22H24N2O/c1-5-15(4)12-13-18-16(6-2)17-10-8-9-11-20(17)24-22(18)19(14-23)21(25)7-3/h6,8-13,15,25H,2,5,7H2,1,3-4H3/b13-12-,21-19+. The number of pyridine rings is 1. The predicted molar refractivity (Wildman–Crippen MR) is 106 cm³/mol. The second-order valence-corrected chi connectivity index (χ2v) is 6.04. The molecule has 0 saturated carbocycles. The summed E-state index contributed by atoms with van der Waals surface area (Å²) < 4.78 is 0. The molecule has 1 aromatic carbocycles. The molecule has 1 heterocycles. The molecule has 2 aromatic rings. The van der Waals surface area contributed by atoms with Gasteiger partial charge in [0.15, 0.2) is 0 Å². The number of nitriles is 1. The molecule has 0 radical (unpaired) electrons. The third-order valence-corrected chi connectivity index (χ3v) is 4.38. The number of aliphatic hydroxyl groups is 1. The number of hydrogen-bond donors (Lipinski definition) is 1. The molecule has 0 amide bonds. The van der Waals surface area contributed by atoms with E-state index in [4.69, 9.17) is 0 Å². The number of para-hydroxylation sites is 1. The molecule has 25 heavy (non-hydrogen) atoms. The van der Waals surface area contributed by atoms with E-state index >= 15 is 0 Å². The number of hydrogen-bond acceptors (Lipinski definition) is 3. The van der Waals surface area contributed by atoms with Crippen LogP contribution in [0.25, 0.3) is 28.6 Å².